The molecule has 5 atom stereocenters. The van der Waals surface area contributed by atoms with Crippen LogP contribution in [0.2, 0.25) is 5.02 Å². The number of nitrogens with one attached hydrogen (secondary N) is 1. The SMILES string of the molecule is CC(=O)O[C@H]1/C=C/CC2CCCN2S(=O)(=O)NC(=O)c2ccc3c(c2)N(C[C@@H]2CC[C@H]21)C[C@@]1(CCCc2cc(Cl)ccc21)CO3. The Morgan fingerprint density at radius 3 is 2.80 bits per heavy atom. The molecule has 7 rings (SSSR count). The van der Waals surface area contributed by atoms with Crippen LogP contribution < -0.4 is 14.4 Å². The third kappa shape index (κ3) is 5.85. The van der Waals surface area contributed by atoms with Crippen LogP contribution in [0.15, 0.2) is 48.6 Å². The third-order valence-corrected chi connectivity index (χ3v) is 12.3. The number of amides is 1. The van der Waals surface area contributed by atoms with E-state index in [0.717, 1.165) is 42.8 Å². The normalized spacial score (nSPS) is 31.7. The number of nitrogens with zero attached hydrogens (tertiary/aromatic N) is 2. The molecule has 2 bridgehead atoms. The van der Waals surface area contributed by atoms with Gasteiger partial charge in [0.05, 0.1) is 12.3 Å². The Labute approximate surface area is 270 Å². The van der Waals surface area contributed by atoms with Crippen molar-refractivity contribution < 1.29 is 27.5 Å². The summed E-state index contributed by atoms with van der Waals surface area (Å²) in [6, 6.07) is 11.1. The minimum absolute atomic E-state index is 0.133. The van der Waals surface area contributed by atoms with E-state index in [1.807, 2.05) is 18.2 Å². The molecular weight excluding hydrogens is 614 g/mol. The number of hydrogen-bond donors (Lipinski definition) is 1. The molecule has 3 aliphatic heterocycles. The van der Waals surface area contributed by atoms with Crippen molar-refractivity contribution in [1.29, 1.82) is 0 Å². The van der Waals surface area contributed by atoms with Crippen LogP contribution in [-0.4, -0.2) is 63.0 Å². The molecule has 1 N–H and O–H groups in total. The monoisotopic (exact) mass is 653 g/mol. The second-order valence-corrected chi connectivity index (χ2v) is 15.4. The molecule has 0 aromatic heterocycles. The molecule has 5 aliphatic rings. The molecule has 1 amide bonds. The second-order valence-electron chi connectivity index (χ2n) is 13.4. The van der Waals surface area contributed by atoms with Gasteiger partial charge in [-0.1, -0.05) is 23.7 Å². The molecule has 2 aromatic rings. The van der Waals surface area contributed by atoms with Crippen molar-refractivity contribution in [3.05, 3.63) is 70.3 Å². The fraction of sp³-hybridized carbons (Fsp3) is 0.529. The second kappa shape index (κ2) is 11.9. The Hall–Kier alpha value is -3.08. The molecule has 2 aliphatic carbocycles. The molecule has 1 saturated heterocycles. The van der Waals surface area contributed by atoms with Gasteiger partial charge in [0, 0.05) is 54.5 Å². The summed E-state index contributed by atoms with van der Waals surface area (Å²) in [7, 11) is -4.07. The highest BCUT2D eigenvalue weighted by molar-refractivity contribution is 7.87. The van der Waals surface area contributed by atoms with E-state index in [4.69, 9.17) is 21.1 Å². The van der Waals surface area contributed by atoms with Gasteiger partial charge in [-0.15, -0.1) is 0 Å². The zero-order valence-electron chi connectivity index (χ0n) is 25.5. The zero-order valence-corrected chi connectivity index (χ0v) is 27.1. The molecule has 45 heavy (non-hydrogen) atoms. The predicted molar refractivity (Wildman–Crippen MR) is 172 cm³/mol. The Morgan fingerprint density at radius 2 is 2.00 bits per heavy atom. The van der Waals surface area contributed by atoms with Crippen LogP contribution >= 0.6 is 11.6 Å². The van der Waals surface area contributed by atoms with Gasteiger partial charge >= 0.3 is 16.2 Å². The molecule has 11 heteroatoms. The molecule has 2 aromatic carbocycles. The maximum atomic E-state index is 13.5. The molecule has 2 fully saturated rings. The maximum absolute atomic E-state index is 13.5. The molecular formula is C34H40ClN3O6S. The van der Waals surface area contributed by atoms with Crippen LogP contribution in [0.3, 0.4) is 0 Å². The molecule has 240 valence electrons. The standard InChI is InChI=1S/C34H40ClN3O6S/c1-22(39)44-31-8-2-6-27-7-4-16-38(27)45(41,42)36-33(40)24-10-14-32-30(18-24)37(19-25-9-12-28(25)31)20-34(21-43-32)15-3-5-23-17-26(35)11-13-29(23)34/h2,8,10-11,13-14,17-18,25,27-28,31H,3-7,9,12,15-16,19-21H2,1H3,(H,36,40)/b8-2+/t25-,27?,28+,31-,34-/m0/s1. The number of hydrogen-bond acceptors (Lipinski definition) is 7. The summed E-state index contributed by atoms with van der Waals surface area (Å²) in [6.07, 6.45) is 10.3. The van der Waals surface area contributed by atoms with E-state index in [1.54, 1.807) is 18.2 Å². The number of aryl methyl sites for hydroxylation is 1. The lowest BCUT2D eigenvalue weighted by atomic mass is 9.68. The van der Waals surface area contributed by atoms with Crippen molar-refractivity contribution in [2.24, 2.45) is 11.8 Å². The van der Waals surface area contributed by atoms with Gasteiger partial charge in [-0.3, -0.25) is 9.59 Å². The number of benzene rings is 2. The first-order valence-electron chi connectivity index (χ1n) is 16.1. The number of carbonyl (C=O) groups excluding carboxylic acids is 2. The minimum atomic E-state index is -4.07. The largest absolute Gasteiger partial charge is 0.490 e. The summed E-state index contributed by atoms with van der Waals surface area (Å²) in [5, 5.41) is 0.723. The zero-order chi connectivity index (χ0) is 31.3. The smallest absolute Gasteiger partial charge is 0.304 e. The molecule has 3 heterocycles. The van der Waals surface area contributed by atoms with Crippen LogP contribution in [-0.2, 0) is 31.6 Å². The van der Waals surface area contributed by atoms with Crippen LogP contribution in [0.4, 0.5) is 5.69 Å². The quantitative estimate of drug-likeness (QED) is 0.335. The highest BCUT2D eigenvalue weighted by Gasteiger charge is 2.45. The summed E-state index contributed by atoms with van der Waals surface area (Å²) < 4.78 is 43.1. The first kappa shape index (κ1) is 30.6. The van der Waals surface area contributed by atoms with Crippen molar-refractivity contribution in [3.8, 4) is 5.75 Å². The first-order chi connectivity index (χ1) is 21.6. The summed E-state index contributed by atoms with van der Waals surface area (Å²) in [4.78, 5) is 28.0. The van der Waals surface area contributed by atoms with Crippen molar-refractivity contribution in [3.63, 3.8) is 0 Å². The van der Waals surface area contributed by atoms with E-state index in [0.29, 0.717) is 51.3 Å². The van der Waals surface area contributed by atoms with E-state index < -0.39 is 16.1 Å². The maximum Gasteiger partial charge on any atom is 0.304 e. The van der Waals surface area contributed by atoms with Gasteiger partial charge in [0.1, 0.15) is 11.9 Å². The average molecular weight is 654 g/mol. The highest BCUT2D eigenvalue weighted by Crippen LogP contribution is 2.47. The molecule has 1 saturated carbocycles. The van der Waals surface area contributed by atoms with E-state index in [-0.39, 0.29) is 40.9 Å². The number of fused-ring (bicyclic) bond motifs is 5. The van der Waals surface area contributed by atoms with E-state index >= 15 is 0 Å². The predicted octanol–water partition coefficient (Wildman–Crippen LogP) is 5.17. The lowest BCUT2D eigenvalue weighted by Crippen LogP contribution is -2.50. The summed E-state index contributed by atoms with van der Waals surface area (Å²) >= 11 is 6.41. The van der Waals surface area contributed by atoms with E-state index in [9.17, 15) is 18.0 Å². The molecule has 9 nitrogen and oxygen atoms in total. The lowest BCUT2D eigenvalue weighted by molar-refractivity contribution is -0.149. The van der Waals surface area contributed by atoms with E-state index in [2.05, 4.69) is 21.8 Å². The van der Waals surface area contributed by atoms with Gasteiger partial charge < -0.3 is 14.4 Å². The summed E-state index contributed by atoms with van der Waals surface area (Å²) in [5.41, 5.74) is 3.24. The third-order valence-electron chi connectivity index (χ3n) is 10.5. The van der Waals surface area contributed by atoms with Crippen LogP contribution in [0.1, 0.15) is 73.4 Å². The molecule has 1 spiro atoms. The average Bonchev–Trinajstić information content (AvgIpc) is 3.40. The van der Waals surface area contributed by atoms with Crippen LogP contribution in [0.25, 0.3) is 0 Å². The topological polar surface area (TPSA) is 105 Å². The van der Waals surface area contributed by atoms with E-state index in [1.165, 1.54) is 22.4 Å². The number of carbonyl (C=O) groups is 2. The Kier molecular flexibility index (Phi) is 8.11. The van der Waals surface area contributed by atoms with Crippen molar-refractivity contribution >= 4 is 39.4 Å². The number of esters is 1. The summed E-state index contributed by atoms with van der Waals surface area (Å²) in [6.45, 7) is 3.63. The fourth-order valence-corrected chi connectivity index (χ4v) is 9.84. The number of halogens is 1. The molecule has 1 unspecified atom stereocenters. The van der Waals surface area contributed by atoms with Gasteiger partial charge in [0.2, 0.25) is 0 Å². The number of anilines is 1. The number of rotatable bonds is 1. The Balaban J connectivity index is 1.31. The van der Waals surface area contributed by atoms with Crippen molar-refractivity contribution in [1.82, 2.24) is 9.03 Å². The van der Waals surface area contributed by atoms with Gasteiger partial charge in [0.15, 0.2) is 0 Å². The lowest BCUT2D eigenvalue weighted by Gasteiger charge is -2.46. The van der Waals surface area contributed by atoms with Gasteiger partial charge in [-0.05, 0) is 105 Å². The summed E-state index contributed by atoms with van der Waals surface area (Å²) in [5.74, 6) is 0.0737. The van der Waals surface area contributed by atoms with Crippen molar-refractivity contribution in [2.75, 3.05) is 31.1 Å². The van der Waals surface area contributed by atoms with Gasteiger partial charge in [-0.25, -0.2) is 4.72 Å². The van der Waals surface area contributed by atoms with Gasteiger partial charge in [-0.2, -0.15) is 12.7 Å². The Morgan fingerprint density at radius 1 is 1.13 bits per heavy atom. The van der Waals surface area contributed by atoms with Crippen LogP contribution in [0.5, 0.6) is 5.75 Å². The van der Waals surface area contributed by atoms with Gasteiger partial charge in [0.25, 0.3) is 5.91 Å². The molecule has 0 radical (unpaired) electrons. The first-order valence-corrected chi connectivity index (χ1v) is 17.9. The van der Waals surface area contributed by atoms with Crippen molar-refractivity contribution in [2.45, 2.75) is 75.9 Å². The highest BCUT2D eigenvalue weighted by atomic mass is 35.5. The van der Waals surface area contributed by atoms with Crippen LogP contribution in [0, 0.1) is 11.8 Å². The fourth-order valence-electron chi connectivity index (χ4n) is 8.22. The Bertz CT molecular complexity index is 1650. The minimum Gasteiger partial charge on any atom is -0.490 e. The number of ether oxygens (including phenoxy) is 2.